The van der Waals surface area contributed by atoms with Crippen molar-refractivity contribution in [1.82, 2.24) is 5.32 Å². The molecular formula is C18H28BNO3. The number of rotatable bonds is 11. The maximum Gasteiger partial charge on any atom is 0.305 e. The summed E-state index contributed by atoms with van der Waals surface area (Å²) in [6.07, 6.45) is 3.16. The minimum atomic E-state index is -0.241. The second-order valence-corrected chi connectivity index (χ2v) is 5.80. The predicted molar refractivity (Wildman–Crippen MR) is 93.8 cm³/mol. The van der Waals surface area contributed by atoms with Crippen LogP contribution in [0.15, 0.2) is 24.3 Å². The standard InChI is InChI=1S/C18H28BNO3/c1-4-22-17(21)12-6-5-9-13-23-16-11-8-7-10-15(16)18(19)20-14(2)3/h7-8,10-11,14,18,20H,4-6,9,12-13H2,1-3H3. The molecule has 23 heavy (non-hydrogen) atoms. The second kappa shape index (κ2) is 11.1. The van der Waals surface area contributed by atoms with Crippen molar-refractivity contribution in [1.29, 1.82) is 0 Å². The van der Waals surface area contributed by atoms with E-state index in [2.05, 4.69) is 19.2 Å². The maximum atomic E-state index is 11.2. The van der Waals surface area contributed by atoms with Crippen molar-refractivity contribution in [3.8, 4) is 5.75 Å². The molecule has 1 aromatic carbocycles. The molecule has 4 nitrogen and oxygen atoms in total. The fourth-order valence-corrected chi connectivity index (χ4v) is 2.28. The first-order valence-electron chi connectivity index (χ1n) is 8.43. The van der Waals surface area contributed by atoms with Crippen molar-refractivity contribution in [2.24, 2.45) is 0 Å². The maximum absolute atomic E-state index is 11.2. The van der Waals surface area contributed by atoms with E-state index in [9.17, 15) is 4.79 Å². The lowest BCUT2D eigenvalue weighted by molar-refractivity contribution is -0.143. The molecule has 0 aromatic heterocycles. The van der Waals surface area contributed by atoms with Gasteiger partial charge in [-0.1, -0.05) is 32.0 Å². The summed E-state index contributed by atoms with van der Waals surface area (Å²) in [5, 5.41) is 3.28. The molecule has 1 aromatic rings. The zero-order valence-corrected chi connectivity index (χ0v) is 14.5. The summed E-state index contributed by atoms with van der Waals surface area (Å²) in [6.45, 7) is 7.01. The third-order valence-electron chi connectivity index (χ3n) is 3.36. The zero-order valence-electron chi connectivity index (χ0n) is 14.5. The average Bonchev–Trinajstić information content (AvgIpc) is 2.50. The molecule has 0 bridgehead atoms. The number of carbonyl (C=O) groups is 1. The molecule has 0 aliphatic rings. The van der Waals surface area contributed by atoms with Crippen LogP contribution in [0.1, 0.15) is 58.0 Å². The Morgan fingerprint density at radius 3 is 2.65 bits per heavy atom. The van der Waals surface area contributed by atoms with Crippen molar-refractivity contribution < 1.29 is 14.3 Å². The first-order valence-corrected chi connectivity index (χ1v) is 8.43. The summed E-state index contributed by atoms with van der Waals surface area (Å²) in [6, 6.07) is 8.14. The van der Waals surface area contributed by atoms with Gasteiger partial charge >= 0.3 is 5.97 Å². The highest BCUT2D eigenvalue weighted by Crippen LogP contribution is 2.24. The molecule has 5 heteroatoms. The zero-order chi connectivity index (χ0) is 17.1. The topological polar surface area (TPSA) is 47.6 Å². The lowest BCUT2D eigenvalue weighted by atomic mass is 9.88. The molecule has 0 amide bonds. The lowest BCUT2D eigenvalue weighted by Crippen LogP contribution is -2.28. The number of esters is 1. The van der Waals surface area contributed by atoms with E-state index in [1.807, 2.05) is 31.2 Å². The molecule has 2 radical (unpaired) electrons. The van der Waals surface area contributed by atoms with Crippen molar-refractivity contribution in [2.75, 3.05) is 13.2 Å². The van der Waals surface area contributed by atoms with Crippen LogP contribution in [0, 0.1) is 0 Å². The molecular weight excluding hydrogens is 289 g/mol. The largest absolute Gasteiger partial charge is 0.493 e. The first-order chi connectivity index (χ1) is 11.0. The third kappa shape index (κ3) is 8.07. The fraction of sp³-hybridized carbons (Fsp3) is 0.611. The summed E-state index contributed by atoms with van der Waals surface area (Å²) >= 11 is 0. The van der Waals surface area contributed by atoms with E-state index in [4.69, 9.17) is 17.3 Å². The van der Waals surface area contributed by atoms with Crippen LogP contribution in [-0.2, 0) is 9.53 Å². The number of carbonyl (C=O) groups excluding carboxylic acids is 1. The van der Waals surface area contributed by atoms with Crippen molar-refractivity contribution in [3.63, 3.8) is 0 Å². The van der Waals surface area contributed by atoms with Gasteiger partial charge in [0.05, 0.1) is 21.1 Å². The molecule has 1 N–H and O–H groups in total. The van der Waals surface area contributed by atoms with Crippen LogP contribution in [0.3, 0.4) is 0 Å². The Morgan fingerprint density at radius 1 is 1.22 bits per heavy atom. The molecule has 1 atom stereocenters. The number of para-hydroxylation sites is 1. The molecule has 1 unspecified atom stereocenters. The molecule has 126 valence electrons. The third-order valence-corrected chi connectivity index (χ3v) is 3.36. The van der Waals surface area contributed by atoms with Gasteiger partial charge in [-0.15, -0.1) is 0 Å². The van der Waals surface area contributed by atoms with Gasteiger partial charge in [0.2, 0.25) is 0 Å². The number of hydrogen-bond acceptors (Lipinski definition) is 4. The highest BCUT2D eigenvalue weighted by atomic mass is 16.5. The summed E-state index contributed by atoms with van der Waals surface area (Å²) < 4.78 is 10.8. The Bertz CT molecular complexity index is 465. The quantitative estimate of drug-likeness (QED) is 0.386. The van der Waals surface area contributed by atoms with Gasteiger partial charge < -0.3 is 14.8 Å². The van der Waals surface area contributed by atoms with Crippen molar-refractivity contribution in [2.45, 2.75) is 58.4 Å². The van der Waals surface area contributed by atoms with E-state index >= 15 is 0 Å². The van der Waals surface area contributed by atoms with E-state index in [1.165, 1.54) is 0 Å². The normalized spacial score (nSPS) is 12.2. The predicted octanol–water partition coefficient (Wildman–Crippen LogP) is 3.35. The summed E-state index contributed by atoms with van der Waals surface area (Å²) in [4.78, 5) is 11.2. The number of nitrogens with one attached hydrogen (secondary N) is 1. The molecule has 0 spiro atoms. The van der Waals surface area contributed by atoms with Gasteiger partial charge in [0.1, 0.15) is 5.75 Å². The minimum absolute atomic E-state index is 0.121. The Morgan fingerprint density at radius 2 is 1.96 bits per heavy atom. The van der Waals surface area contributed by atoms with Gasteiger partial charge in [0.25, 0.3) is 0 Å². The van der Waals surface area contributed by atoms with E-state index in [1.54, 1.807) is 0 Å². The van der Waals surface area contributed by atoms with Crippen LogP contribution in [0.2, 0.25) is 0 Å². The SMILES string of the molecule is [B]C(NC(C)C)c1ccccc1OCCCCCC(=O)OCC. The van der Waals surface area contributed by atoms with Gasteiger partial charge in [-0.05, 0) is 38.2 Å². The second-order valence-electron chi connectivity index (χ2n) is 5.80. The van der Waals surface area contributed by atoms with Crippen LogP contribution >= 0.6 is 0 Å². The molecule has 0 aliphatic carbocycles. The van der Waals surface area contributed by atoms with Crippen molar-refractivity contribution >= 4 is 13.8 Å². The van der Waals surface area contributed by atoms with Crippen LogP contribution in [0.4, 0.5) is 0 Å². The molecule has 0 heterocycles. The van der Waals surface area contributed by atoms with Crippen molar-refractivity contribution in [3.05, 3.63) is 29.8 Å². The van der Waals surface area contributed by atoms with E-state index in [0.29, 0.717) is 25.7 Å². The van der Waals surface area contributed by atoms with E-state index in [-0.39, 0.29) is 11.9 Å². The van der Waals surface area contributed by atoms with Gasteiger partial charge in [-0.25, -0.2) is 0 Å². The Balaban J connectivity index is 2.33. The minimum Gasteiger partial charge on any atom is -0.493 e. The van der Waals surface area contributed by atoms with Crippen LogP contribution in [0.5, 0.6) is 5.75 Å². The van der Waals surface area contributed by atoms with Gasteiger partial charge in [-0.2, -0.15) is 0 Å². The smallest absolute Gasteiger partial charge is 0.305 e. The van der Waals surface area contributed by atoms with Gasteiger partial charge in [-0.3, -0.25) is 4.79 Å². The molecule has 0 saturated heterocycles. The molecule has 0 fully saturated rings. The van der Waals surface area contributed by atoms with Crippen LogP contribution in [0.25, 0.3) is 0 Å². The average molecular weight is 317 g/mol. The molecule has 0 aliphatic heterocycles. The van der Waals surface area contributed by atoms with Crippen LogP contribution < -0.4 is 10.1 Å². The van der Waals surface area contributed by atoms with E-state index < -0.39 is 0 Å². The fourth-order valence-electron chi connectivity index (χ4n) is 2.28. The van der Waals surface area contributed by atoms with E-state index in [0.717, 1.165) is 30.6 Å². The number of hydrogen-bond donors (Lipinski definition) is 1. The number of benzene rings is 1. The Kier molecular flexibility index (Phi) is 9.45. The highest BCUT2D eigenvalue weighted by Gasteiger charge is 2.11. The Labute approximate surface area is 141 Å². The lowest BCUT2D eigenvalue weighted by Gasteiger charge is -2.20. The highest BCUT2D eigenvalue weighted by molar-refractivity contribution is 6.12. The summed E-state index contributed by atoms with van der Waals surface area (Å²) in [7, 11) is 6.17. The number of ether oxygens (including phenoxy) is 2. The van der Waals surface area contributed by atoms with Gasteiger partial charge in [0, 0.05) is 18.0 Å². The summed E-state index contributed by atoms with van der Waals surface area (Å²) in [5.74, 6) is 0.457. The Hall–Kier alpha value is -1.49. The monoisotopic (exact) mass is 317 g/mol. The first kappa shape index (κ1) is 19.6. The van der Waals surface area contributed by atoms with Gasteiger partial charge in [0.15, 0.2) is 0 Å². The summed E-state index contributed by atoms with van der Waals surface area (Å²) in [5.41, 5.74) is 0.965. The number of unbranched alkanes of at least 4 members (excludes halogenated alkanes) is 2. The molecule has 1 rings (SSSR count). The van der Waals surface area contributed by atoms with Crippen LogP contribution in [-0.4, -0.2) is 33.1 Å². The molecule has 0 saturated carbocycles.